The van der Waals surface area contributed by atoms with Gasteiger partial charge in [0.05, 0.1) is 17.9 Å². The maximum absolute atomic E-state index is 12.4. The molecule has 0 aliphatic carbocycles. The van der Waals surface area contributed by atoms with Gasteiger partial charge in [0, 0.05) is 12.6 Å². The van der Waals surface area contributed by atoms with E-state index in [1.165, 1.54) is 18.0 Å². The molecule has 7 nitrogen and oxygen atoms in total. The van der Waals surface area contributed by atoms with E-state index in [0.717, 1.165) is 5.56 Å². The maximum atomic E-state index is 12.4. The molecule has 2 aromatic heterocycles. The van der Waals surface area contributed by atoms with E-state index < -0.39 is 11.5 Å². The van der Waals surface area contributed by atoms with Crippen molar-refractivity contribution in [3.63, 3.8) is 0 Å². The summed E-state index contributed by atoms with van der Waals surface area (Å²) in [6.07, 6.45) is 1.49. The summed E-state index contributed by atoms with van der Waals surface area (Å²) in [5, 5.41) is 6.78. The summed E-state index contributed by atoms with van der Waals surface area (Å²) in [5.41, 5.74) is 2.32. The molecule has 2 heterocycles. The van der Waals surface area contributed by atoms with Gasteiger partial charge in [-0.2, -0.15) is 5.10 Å². The number of rotatable bonds is 4. The predicted octanol–water partition coefficient (Wildman–Crippen LogP) is 1.98. The van der Waals surface area contributed by atoms with Crippen molar-refractivity contribution in [3.05, 3.63) is 69.5 Å². The summed E-state index contributed by atoms with van der Waals surface area (Å²) in [6.45, 7) is 3.64. The van der Waals surface area contributed by atoms with Crippen molar-refractivity contribution >= 4 is 5.91 Å². The molecule has 7 heteroatoms. The highest BCUT2D eigenvalue weighted by Crippen LogP contribution is 2.17. The number of nitrogens with one attached hydrogen (secondary N) is 1. The van der Waals surface area contributed by atoms with Crippen LogP contribution in [0.4, 0.5) is 0 Å². The average Bonchev–Trinajstić information content (AvgIpc) is 3.08. The summed E-state index contributed by atoms with van der Waals surface area (Å²) < 4.78 is 6.60. The molecule has 0 saturated heterocycles. The van der Waals surface area contributed by atoms with E-state index in [-0.39, 0.29) is 12.1 Å². The molecule has 0 saturated carbocycles. The zero-order chi connectivity index (χ0) is 18.0. The third-order valence-corrected chi connectivity index (χ3v) is 3.96. The smallest absolute Gasteiger partial charge is 0.279 e. The number of benzene rings is 1. The van der Waals surface area contributed by atoms with Crippen LogP contribution in [0, 0.1) is 13.8 Å². The van der Waals surface area contributed by atoms with Crippen LogP contribution in [-0.4, -0.2) is 20.7 Å². The SMILES string of the molecule is Cc1nn(C)c(=O)c(C(=O)NCc2coc(-c3ccccc3)n2)c1C. The molecule has 0 fully saturated rings. The van der Waals surface area contributed by atoms with Gasteiger partial charge in [0.1, 0.15) is 11.8 Å². The van der Waals surface area contributed by atoms with Gasteiger partial charge in [0.2, 0.25) is 5.89 Å². The van der Waals surface area contributed by atoms with E-state index in [1.807, 2.05) is 30.3 Å². The van der Waals surface area contributed by atoms with Crippen LogP contribution in [0.15, 0.2) is 45.8 Å². The first-order chi connectivity index (χ1) is 12.0. The number of carbonyl (C=O) groups excluding carboxylic acids is 1. The molecule has 0 aliphatic rings. The summed E-state index contributed by atoms with van der Waals surface area (Å²) in [7, 11) is 1.52. The average molecular weight is 338 g/mol. The summed E-state index contributed by atoms with van der Waals surface area (Å²) >= 11 is 0. The van der Waals surface area contributed by atoms with Crippen LogP contribution in [-0.2, 0) is 13.6 Å². The minimum Gasteiger partial charge on any atom is -0.444 e. The van der Waals surface area contributed by atoms with E-state index in [2.05, 4.69) is 15.4 Å². The number of amides is 1. The van der Waals surface area contributed by atoms with Gasteiger partial charge in [-0.3, -0.25) is 9.59 Å². The van der Waals surface area contributed by atoms with Crippen molar-refractivity contribution in [1.29, 1.82) is 0 Å². The van der Waals surface area contributed by atoms with Crippen LogP contribution >= 0.6 is 0 Å². The van der Waals surface area contributed by atoms with Gasteiger partial charge in [-0.05, 0) is 31.5 Å². The van der Waals surface area contributed by atoms with Gasteiger partial charge in [0.25, 0.3) is 11.5 Å². The van der Waals surface area contributed by atoms with Crippen LogP contribution in [0.3, 0.4) is 0 Å². The van der Waals surface area contributed by atoms with Crippen LogP contribution < -0.4 is 10.9 Å². The Labute approximate surface area is 144 Å². The first-order valence-electron chi connectivity index (χ1n) is 7.80. The monoisotopic (exact) mass is 338 g/mol. The van der Waals surface area contributed by atoms with E-state index in [4.69, 9.17) is 4.42 Å². The van der Waals surface area contributed by atoms with Crippen molar-refractivity contribution in [2.24, 2.45) is 7.05 Å². The van der Waals surface area contributed by atoms with Gasteiger partial charge in [-0.1, -0.05) is 18.2 Å². The maximum Gasteiger partial charge on any atom is 0.279 e. The van der Waals surface area contributed by atoms with Gasteiger partial charge in [0.15, 0.2) is 0 Å². The fraction of sp³-hybridized carbons (Fsp3) is 0.222. The summed E-state index contributed by atoms with van der Waals surface area (Å²) in [5.74, 6) is 0.0320. The highest BCUT2D eigenvalue weighted by atomic mass is 16.3. The second kappa shape index (κ2) is 6.72. The minimum absolute atomic E-state index is 0.0989. The molecule has 25 heavy (non-hydrogen) atoms. The first-order valence-corrected chi connectivity index (χ1v) is 7.80. The molecule has 0 aliphatic heterocycles. The van der Waals surface area contributed by atoms with Gasteiger partial charge < -0.3 is 9.73 Å². The van der Waals surface area contributed by atoms with Crippen LogP contribution in [0.25, 0.3) is 11.5 Å². The number of hydrogen-bond donors (Lipinski definition) is 1. The summed E-state index contributed by atoms with van der Waals surface area (Å²) in [6, 6.07) is 9.48. The lowest BCUT2D eigenvalue weighted by molar-refractivity contribution is 0.0947. The second-order valence-electron chi connectivity index (χ2n) is 5.71. The van der Waals surface area contributed by atoms with Crippen LogP contribution in [0.5, 0.6) is 0 Å². The molecule has 0 atom stereocenters. The van der Waals surface area contributed by atoms with Crippen molar-refractivity contribution in [2.45, 2.75) is 20.4 Å². The van der Waals surface area contributed by atoms with Crippen LogP contribution in [0.1, 0.15) is 27.3 Å². The molecule has 0 bridgehead atoms. The fourth-order valence-electron chi connectivity index (χ4n) is 2.48. The van der Waals surface area contributed by atoms with Crippen molar-refractivity contribution in [1.82, 2.24) is 20.1 Å². The Balaban J connectivity index is 1.76. The fourth-order valence-corrected chi connectivity index (χ4v) is 2.48. The standard InChI is InChI=1S/C18H18N4O3/c1-11-12(2)21-22(3)18(24)15(11)16(23)19-9-14-10-25-17(20-14)13-7-5-4-6-8-13/h4-8,10H,9H2,1-3H3,(H,19,23). The Morgan fingerprint density at radius 2 is 1.96 bits per heavy atom. The van der Waals surface area contributed by atoms with E-state index in [9.17, 15) is 9.59 Å². The zero-order valence-electron chi connectivity index (χ0n) is 14.2. The highest BCUT2D eigenvalue weighted by molar-refractivity contribution is 5.95. The molecule has 1 N–H and O–H groups in total. The molecular formula is C18H18N4O3. The molecule has 3 aromatic rings. The molecule has 128 valence electrons. The van der Waals surface area contributed by atoms with Crippen molar-refractivity contribution in [2.75, 3.05) is 0 Å². The Morgan fingerprint density at radius 3 is 2.68 bits per heavy atom. The van der Waals surface area contributed by atoms with Gasteiger partial charge in [-0.15, -0.1) is 0 Å². The molecule has 3 rings (SSSR count). The Morgan fingerprint density at radius 1 is 1.24 bits per heavy atom. The number of oxazole rings is 1. The molecule has 1 amide bonds. The highest BCUT2D eigenvalue weighted by Gasteiger charge is 2.18. The lowest BCUT2D eigenvalue weighted by Crippen LogP contribution is -2.34. The van der Waals surface area contributed by atoms with Gasteiger partial charge in [-0.25, -0.2) is 9.67 Å². The Hall–Kier alpha value is -3.22. The minimum atomic E-state index is -0.451. The number of carbonyl (C=O) groups is 1. The number of aryl methyl sites for hydroxylation is 2. The van der Waals surface area contributed by atoms with Crippen molar-refractivity contribution < 1.29 is 9.21 Å². The third-order valence-electron chi connectivity index (χ3n) is 3.96. The van der Waals surface area contributed by atoms with Gasteiger partial charge >= 0.3 is 0 Å². The molecule has 0 radical (unpaired) electrons. The Kier molecular flexibility index (Phi) is 4.47. The quantitative estimate of drug-likeness (QED) is 0.785. The predicted molar refractivity (Wildman–Crippen MR) is 92.1 cm³/mol. The van der Waals surface area contributed by atoms with Crippen molar-refractivity contribution in [3.8, 4) is 11.5 Å². The molecular weight excluding hydrogens is 320 g/mol. The third kappa shape index (κ3) is 3.35. The summed E-state index contributed by atoms with van der Waals surface area (Å²) in [4.78, 5) is 29.0. The molecule has 1 aromatic carbocycles. The number of aromatic nitrogens is 3. The van der Waals surface area contributed by atoms with E-state index in [0.29, 0.717) is 22.8 Å². The molecule has 0 unspecified atom stereocenters. The second-order valence-corrected chi connectivity index (χ2v) is 5.71. The molecule has 0 spiro atoms. The zero-order valence-corrected chi connectivity index (χ0v) is 14.2. The first kappa shape index (κ1) is 16.6. The normalized spacial score (nSPS) is 10.7. The Bertz CT molecular complexity index is 974. The van der Waals surface area contributed by atoms with Crippen LogP contribution in [0.2, 0.25) is 0 Å². The number of nitrogens with zero attached hydrogens (tertiary/aromatic N) is 3. The largest absolute Gasteiger partial charge is 0.444 e. The lowest BCUT2D eigenvalue weighted by Gasteiger charge is -2.09. The van der Waals surface area contributed by atoms with E-state index >= 15 is 0 Å². The topological polar surface area (TPSA) is 90.0 Å². The van der Waals surface area contributed by atoms with E-state index in [1.54, 1.807) is 13.8 Å². The lowest BCUT2D eigenvalue weighted by atomic mass is 10.1. The number of hydrogen-bond acceptors (Lipinski definition) is 5.